The molecule has 9 heavy (non-hydrogen) atoms. The first-order chi connectivity index (χ1) is 4.24. The standard InChI is InChI=1S/C7H14O2/c1-5-3-6(2)9-7(5)4-8/h5-8H,3-4H2,1-2H3/t5-,6?,7-/m1/s1. The molecule has 0 aromatic rings. The van der Waals surface area contributed by atoms with Crippen LogP contribution in [0.3, 0.4) is 0 Å². The number of hydrogen-bond acceptors (Lipinski definition) is 2. The summed E-state index contributed by atoms with van der Waals surface area (Å²) in [6.45, 7) is 4.34. The zero-order valence-corrected chi connectivity index (χ0v) is 6.00. The normalized spacial score (nSPS) is 43.7. The van der Waals surface area contributed by atoms with Gasteiger partial charge in [0, 0.05) is 0 Å². The van der Waals surface area contributed by atoms with Gasteiger partial charge in [0.15, 0.2) is 0 Å². The van der Waals surface area contributed by atoms with Gasteiger partial charge >= 0.3 is 0 Å². The lowest BCUT2D eigenvalue weighted by molar-refractivity contribution is 0.00884. The lowest BCUT2D eigenvalue weighted by Gasteiger charge is -2.09. The average molecular weight is 130 g/mol. The van der Waals surface area contributed by atoms with Gasteiger partial charge in [-0.15, -0.1) is 0 Å². The molecule has 0 saturated carbocycles. The number of hydrogen-bond donors (Lipinski definition) is 1. The van der Waals surface area contributed by atoms with Gasteiger partial charge in [0.1, 0.15) is 0 Å². The molecular weight excluding hydrogens is 116 g/mol. The maximum atomic E-state index is 8.73. The molecule has 0 aliphatic carbocycles. The van der Waals surface area contributed by atoms with Crippen molar-refractivity contribution in [2.75, 3.05) is 6.61 Å². The fourth-order valence-corrected chi connectivity index (χ4v) is 1.39. The molecule has 0 radical (unpaired) electrons. The van der Waals surface area contributed by atoms with E-state index >= 15 is 0 Å². The molecule has 0 aromatic heterocycles. The summed E-state index contributed by atoms with van der Waals surface area (Å²) < 4.78 is 5.37. The summed E-state index contributed by atoms with van der Waals surface area (Å²) in [5.41, 5.74) is 0. The van der Waals surface area contributed by atoms with E-state index in [-0.39, 0.29) is 12.7 Å². The van der Waals surface area contributed by atoms with Crippen molar-refractivity contribution in [3.63, 3.8) is 0 Å². The summed E-state index contributed by atoms with van der Waals surface area (Å²) in [5, 5.41) is 8.73. The molecule has 2 nitrogen and oxygen atoms in total. The van der Waals surface area contributed by atoms with Crippen LogP contribution in [-0.4, -0.2) is 23.9 Å². The van der Waals surface area contributed by atoms with E-state index in [1.165, 1.54) is 0 Å². The number of aliphatic hydroxyl groups excluding tert-OH is 1. The second-order valence-electron chi connectivity index (χ2n) is 2.88. The molecule has 1 N–H and O–H groups in total. The zero-order chi connectivity index (χ0) is 6.85. The van der Waals surface area contributed by atoms with Crippen LogP contribution in [-0.2, 0) is 4.74 Å². The first-order valence-corrected chi connectivity index (χ1v) is 3.50. The minimum Gasteiger partial charge on any atom is -0.394 e. The summed E-state index contributed by atoms with van der Waals surface area (Å²) in [5.74, 6) is 0.532. The van der Waals surface area contributed by atoms with Crippen molar-refractivity contribution >= 4 is 0 Å². The third kappa shape index (κ3) is 1.43. The van der Waals surface area contributed by atoms with Crippen LogP contribution in [0.5, 0.6) is 0 Å². The smallest absolute Gasteiger partial charge is 0.0835 e. The average Bonchev–Trinajstić information content (AvgIpc) is 2.10. The molecule has 0 spiro atoms. The molecule has 0 amide bonds. The zero-order valence-electron chi connectivity index (χ0n) is 6.00. The molecule has 1 rings (SSSR count). The van der Waals surface area contributed by atoms with Crippen LogP contribution in [0.15, 0.2) is 0 Å². The van der Waals surface area contributed by atoms with Crippen molar-refractivity contribution in [3.05, 3.63) is 0 Å². The second kappa shape index (κ2) is 2.67. The Kier molecular flexibility index (Phi) is 2.09. The molecule has 0 aromatic carbocycles. The fourth-order valence-electron chi connectivity index (χ4n) is 1.39. The molecule has 1 aliphatic rings. The molecule has 0 bridgehead atoms. The minimum absolute atomic E-state index is 0.0972. The van der Waals surface area contributed by atoms with Crippen LogP contribution >= 0.6 is 0 Å². The topological polar surface area (TPSA) is 29.5 Å². The fraction of sp³-hybridized carbons (Fsp3) is 1.00. The Labute approximate surface area is 55.8 Å². The molecular formula is C7H14O2. The van der Waals surface area contributed by atoms with E-state index in [9.17, 15) is 0 Å². The van der Waals surface area contributed by atoms with E-state index in [1.807, 2.05) is 6.92 Å². The highest BCUT2D eigenvalue weighted by atomic mass is 16.5. The molecule has 2 heteroatoms. The number of rotatable bonds is 1. The van der Waals surface area contributed by atoms with Gasteiger partial charge in [-0.3, -0.25) is 0 Å². The van der Waals surface area contributed by atoms with Crippen molar-refractivity contribution in [2.24, 2.45) is 5.92 Å². The van der Waals surface area contributed by atoms with Gasteiger partial charge < -0.3 is 9.84 Å². The summed E-state index contributed by atoms with van der Waals surface area (Å²) in [6.07, 6.45) is 1.53. The molecule has 1 heterocycles. The van der Waals surface area contributed by atoms with E-state index in [4.69, 9.17) is 9.84 Å². The van der Waals surface area contributed by atoms with Gasteiger partial charge in [-0.05, 0) is 19.3 Å². The highest BCUT2D eigenvalue weighted by molar-refractivity contribution is 4.76. The number of aliphatic hydroxyl groups is 1. The van der Waals surface area contributed by atoms with Crippen LogP contribution < -0.4 is 0 Å². The Balaban J connectivity index is 2.38. The highest BCUT2D eigenvalue weighted by Gasteiger charge is 2.28. The molecule has 1 aliphatic heterocycles. The maximum Gasteiger partial charge on any atom is 0.0835 e. The first kappa shape index (κ1) is 7.03. The second-order valence-corrected chi connectivity index (χ2v) is 2.88. The van der Waals surface area contributed by atoms with Crippen LogP contribution in [0.1, 0.15) is 20.3 Å². The van der Waals surface area contributed by atoms with Crippen LogP contribution in [0, 0.1) is 5.92 Å². The predicted molar refractivity (Wildman–Crippen MR) is 35.2 cm³/mol. The first-order valence-electron chi connectivity index (χ1n) is 3.50. The van der Waals surface area contributed by atoms with E-state index < -0.39 is 0 Å². The highest BCUT2D eigenvalue weighted by Crippen LogP contribution is 2.24. The SMILES string of the molecule is CC1C[C@@H](C)[C@@H](CO)O1. The molecule has 1 unspecified atom stereocenters. The van der Waals surface area contributed by atoms with Crippen LogP contribution in [0.4, 0.5) is 0 Å². The predicted octanol–water partition coefficient (Wildman–Crippen LogP) is 0.792. The monoisotopic (exact) mass is 130 g/mol. The molecule has 1 fully saturated rings. The van der Waals surface area contributed by atoms with E-state index in [1.54, 1.807) is 0 Å². The summed E-state index contributed by atoms with van der Waals surface area (Å²) in [7, 11) is 0. The summed E-state index contributed by atoms with van der Waals surface area (Å²) in [4.78, 5) is 0. The third-order valence-corrected chi connectivity index (χ3v) is 1.93. The van der Waals surface area contributed by atoms with Crippen molar-refractivity contribution < 1.29 is 9.84 Å². The van der Waals surface area contributed by atoms with Gasteiger partial charge in [-0.25, -0.2) is 0 Å². The quantitative estimate of drug-likeness (QED) is 0.568. The Bertz CT molecular complexity index is 92.9. The lowest BCUT2D eigenvalue weighted by Crippen LogP contribution is -2.18. The third-order valence-electron chi connectivity index (χ3n) is 1.93. The Morgan fingerprint density at radius 3 is 2.44 bits per heavy atom. The van der Waals surface area contributed by atoms with Crippen molar-refractivity contribution in [1.29, 1.82) is 0 Å². The van der Waals surface area contributed by atoms with Gasteiger partial charge in [-0.2, -0.15) is 0 Å². The molecule has 1 saturated heterocycles. The Morgan fingerprint density at radius 2 is 2.22 bits per heavy atom. The molecule has 3 atom stereocenters. The lowest BCUT2D eigenvalue weighted by atomic mass is 10.0. The Morgan fingerprint density at radius 1 is 1.56 bits per heavy atom. The van der Waals surface area contributed by atoms with E-state index in [2.05, 4.69) is 6.92 Å². The summed E-state index contributed by atoms with van der Waals surface area (Å²) >= 11 is 0. The van der Waals surface area contributed by atoms with E-state index in [0.717, 1.165) is 6.42 Å². The van der Waals surface area contributed by atoms with Gasteiger partial charge in [0.25, 0.3) is 0 Å². The van der Waals surface area contributed by atoms with E-state index in [0.29, 0.717) is 12.0 Å². The largest absolute Gasteiger partial charge is 0.394 e. The van der Waals surface area contributed by atoms with Crippen LogP contribution in [0.25, 0.3) is 0 Å². The minimum atomic E-state index is 0.0972. The maximum absolute atomic E-state index is 8.73. The summed E-state index contributed by atoms with van der Waals surface area (Å²) in [6, 6.07) is 0. The van der Waals surface area contributed by atoms with Crippen molar-refractivity contribution in [2.45, 2.75) is 32.5 Å². The van der Waals surface area contributed by atoms with Gasteiger partial charge in [0.2, 0.25) is 0 Å². The van der Waals surface area contributed by atoms with Gasteiger partial charge in [-0.1, -0.05) is 6.92 Å². The van der Waals surface area contributed by atoms with Crippen molar-refractivity contribution in [3.8, 4) is 0 Å². The van der Waals surface area contributed by atoms with Crippen molar-refractivity contribution in [1.82, 2.24) is 0 Å². The Hall–Kier alpha value is -0.0800. The van der Waals surface area contributed by atoms with Gasteiger partial charge in [0.05, 0.1) is 18.8 Å². The van der Waals surface area contributed by atoms with Crippen LogP contribution in [0.2, 0.25) is 0 Å². The molecule has 54 valence electrons. The number of ether oxygens (including phenoxy) is 1.